The molecule has 162 valence electrons. The molecular weight excluding hydrogens is 382 g/mol. The molecule has 2 heterocycles. The van der Waals surface area contributed by atoms with Crippen molar-refractivity contribution in [3.63, 3.8) is 0 Å². The molecule has 0 N–H and O–H groups in total. The van der Waals surface area contributed by atoms with Crippen LogP contribution in [0.1, 0.15) is 55.7 Å². The van der Waals surface area contributed by atoms with Gasteiger partial charge in [-0.1, -0.05) is 55.7 Å². The minimum absolute atomic E-state index is 0.461. The summed E-state index contributed by atoms with van der Waals surface area (Å²) in [7, 11) is 2.10. The molecule has 0 bridgehead atoms. The molecule has 2 aliphatic heterocycles. The highest BCUT2D eigenvalue weighted by atomic mass is 16.7. The smallest absolute Gasteiger partial charge is 0.0991 e. The molecule has 0 aromatic heterocycles. The van der Waals surface area contributed by atoms with Crippen LogP contribution in [-0.2, 0) is 4.84 Å². The third-order valence-corrected chi connectivity index (χ3v) is 7.74. The Kier molecular flexibility index (Phi) is 6.09. The molecule has 3 atom stereocenters. The van der Waals surface area contributed by atoms with Gasteiger partial charge in [0, 0.05) is 38.1 Å². The highest BCUT2D eigenvalue weighted by Crippen LogP contribution is 2.40. The van der Waals surface area contributed by atoms with E-state index in [1.54, 1.807) is 0 Å². The third kappa shape index (κ3) is 4.41. The van der Waals surface area contributed by atoms with Gasteiger partial charge in [-0.05, 0) is 54.0 Å². The molecule has 4 nitrogen and oxygen atoms in total. The zero-order valence-corrected chi connectivity index (χ0v) is 18.5. The second-order valence-electron chi connectivity index (χ2n) is 9.69. The van der Waals surface area contributed by atoms with Gasteiger partial charge in [-0.3, -0.25) is 9.74 Å². The average Bonchev–Trinajstić information content (AvgIpc) is 3.19. The van der Waals surface area contributed by atoms with Gasteiger partial charge >= 0.3 is 0 Å². The van der Waals surface area contributed by atoms with Crippen LogP contribution in [0.4, 0.5) is 0 Å². The van der Waals surface area contributed by atoms with Crippen LogP contribution in [0.3, 0.4) is 0 Å². The second kappa shape index (κ2) is 9.12. The molecule has 4 heteroatoms. The summed E-state index contributed by atoms with van der Waals surface area (Å²) in [6.07, 6.45) is 8.15. The topological polar surface area (TPSA) is 39.5 Å². The largest absolute Gasteiger partial charge is 0.299 e. The summed E-state index contributed by atoms with van der Waals surface area (Å²) in [4.78, 5) is 8.68. The van der Waals surface area contributed by atoms with Gasteiger partial charge < -0.3 is 0 Å². The number of rotatable bonds is 4. The minimum atomic E-state index is 0.461. The molecule has 2 aromatic carbocycles. The van der Waals surface area contributed by atoms with Crippen molar-refractivity contribution in [3.8, 4) is 17.2 Å². The van der Waals surface area contributed by atoms with Crippen molar-refractivity contribution in [2.24, 2.45) is 11.8 Å². The molecule has 3 aliphatic rings. The fourth-order valence-electron chi connectivity index (χ4n) is 5.92. The molecule has 2 aromatic rings. The molecule has 0 unspecified atom stereocenters. The maximum atomic E-state index is 9.04. The lowest BCUT2D eigenvalue weighted by Crippen LogP contribution is -2.48. The molecule has 1 saturated carbocycles. The number of piperidine rings is 1. The highest BCUT2D eigenvalue weighted by molar-refractivity contribution is 5.64. The molecule has 31 heavy (non-hydrogen) atoms. The standard InChI is InChI=1S/C27H33N3O/c1-29-26-15-27(30(18-25(26)19-31-29)17-21-5-3-2-4-6-21)24-13-11-23(12-14-24)22-9-7-20(16-28)8-10-22/h7-14,21,25-27H,2-6,15,17-19H2,1H3/t25-,26-,27-/m0/s1. The summed E-state index contributed by atoms with van der Waals surface area (Å²) in [6, 6.07) is 20.2. The summed E-state index contributed by atoms with van der Waals surface area (Å²) in [5.74, 6) is 1.48. The fraction of sp³-hybridized carbons (Fsp3) is 0.519. The number of hydrogen-bond acceptors (Lipinski definition) is 4. The van der Waals surface area contributed by atoms with E-state index in [0.29, 0.717) is 23.6 Å². The maximum absolute atomic E-state index is 9.04. The maximum Gasteiger partial charge on any atom is 0.0991 e. The van der Waals surface area contributed by atoms with E-state index in [4.69, 9.17) is 10.1 Å². The molecule has 3 fully saturated rings. The first-order valence-electron chi connectivity index (χ1n) is 11.9. The van der Waals surface area contributed by atoms with Crippen LogP contribution in [0, 0.1) is 23.2 Å². The lowest BCUT2D eigenvalue weighted by atomic mass is 9.83. The van der Waals surface area contributed by atoms with Gasteiger partial charge in [0.25, 0.3) is 0 Å². The first-order valence-corrected chi connectivity index (χ1v) is 11.9. The van der Waals surface area contributed by atoms with Gasteiger partial charge in [0.15, 0.2) is 0 Å². The number of likely N-dealkylation sites (tertiary alicyclic amines) is 1. The van der Waals surface area contributed by atoms with Gasteiger partial charge in [0.1, 0.15) is 0 Å². The number of hydroxylamine groups is 2. The summed E-state index contributed by atoms with van der Waals surface area (Å²) in [5, 5.41) is 11.2. The summed E-state index contributed by atoms with van der Waals surface area (Å²) in [5.41, 5.74) is 4.50. The number of nitriles is 1. The average molecular weight is 416 g/mol. The van der Waals surface area contributed by atoms with E-state index in [2.05, 4.69) is 47.3 Å². The van der Waals surface area contributed by atoms with E-state index in [0.717, 1.165) is 31.1 Å². The Hall–Kier alpha value is -2.19. The molecule has 0 amide bonds. The normalized spacial score (nSPS) is 27.7. The number of hydrogen-bond donors (Lipinski definition) is 0. The monoisotopic (exact) mass is 415 g/mol. The van der Waals surface area contributed by atoms with Crippen molar-refractivity contribution in [2.45, 2.75) is 50.6 Å². The van der Waals surface area contributed by atoms with Crippen molar-refractivity contribution in [3.05, 3.63) is 59.7 Å². The van der Waals surface area contributed by atoms with Crippen molar-refractivity contribution in [2.75, 3.05) is 26.7 Å². The molecule has 0 radical (unpaired) electrons. The Morgan fingerprint density at radius 3 is 2.32 bits per heavy atom. The van der Waals surface area contributed by atoms with Gasteiger partial charge in [-0.2, -0.15) is 10.3 Å². The van der Waals surface area contributed by atoms with Crippen LogP contribution >= 0.6 is 0 Å². The van der Waals surface area contributed by atoms with E-state index < -0.39 is 0 Å². The van der Waals surface area contributed by atoms with Crippen molar-refractivity contribution in [1.29, 1.82) is 5.26 Å². The Labute approximate surface area is 186 Å². The summed E-state index contributed by atoms with van der Waals surface area (Å²) < 4.78 is 0. The zero-order valence-electron chi connectivity index (χ0n) is 18.5. The van der Waals surface area contributed by atoms with Crippen molar-refractivity contribution < 1.29 is 4.84 Å². The van der Waals surface area contributed by atoms with Crippen molar-refractivity contribution >= 4 is 0 Å². The van der Waals surface area contributed by atoms with Crippen LogP contribution < -0.4 is 0 Å². The zero-order chi connectivity index (χ0) is 21.2. The van der Waals surface area contributed by atoms with Crippen LogP contribution in [0.25, 0.3) is 11.1 Å². The van der Waals surface area contributed by atoms with E-state index in [1.807, 2.05) is 24.3 Å². The predicted octanol–water partition coefficient (Wildman–Crippen LogP) is 5.41. The third-order valence-electron chi connectivity index (χ3n) is 7.74. The van der Waals surface area contributed by atoms with Crippen LogP contribution in [-0.4, -0.2) is 42.7 Å². The second-order valence-corrected chi connectivity index (χ2v) is 9.69. The SMILES string of the molecule is CN1OC[C@@H]2CN(CC3CCCCC3)[C@H](c3ccc(-c4ccc(C#N)cc4)cc3)C[C@@H]21. The van der Waals surface area contributed by atoms with E-state index >= 15 is 0 Å². The molecular formula is C27H33N3O. The van der Waals surface area contributed by atoms with Gasteiger partial charge in [0.2, 0.25) is 0 Å². The van der Waals surface area contributed by atoms with Crippen molar-refractivity contribution in [1.82, 2.24) is 9.96 Å². The first-order chi connectivity index (χ1) is 15.2. The van der Waals surface area contributed by atoms with E-state index in [9.17, 15) is 0 Å². The fourth-order valence-corrected chi connectivity index (χ4v) is 5.92. The number of nitrogens with zero attached hydrogens (tertiary/aromatic N) is 3. The van der Waals surface area contributed by atoms with E-state index in [1.165, 1.54) is 49.8 Å². The van der Waals surface area contributed by atoms with Gasteiger partial charge in [-0.15, -0.1) is 0 Å². The van der Waals surface area contributed by atoms with Crippen LogP contribution in [0.2, 0.25) is 0 Å². The first kappa shape index (κ1) is 20.7. The molecule has 0 spiro atoms. The van der Waals surface area contributed by atoms with Crippen LogP contribution in [0.15, 0.2) is 48.5 Å². The molecule has 2 saturated heterocycles. The lowest BCUT2D eigenvalue weighted by molar-refractivity contribution is -0.115. The summed E-state index contributed by atoms with van der Waals surface area (Å²) in [6.45, 7) is 3.25. The Bertz CT molecular complexity index is 909. The Morgan fingerprint density at radius 2 is 1.65 bits per heavy atom. The summed E-state index contributed by atoms with van der Waals surface area (Å²) >= 11 is 0. The lowest BCUT2D eigenvalue weighted by Gasteiger charge is -2.44. The van der Waals surface area contributed by atoms with E-state index in [-0.39, 0.29) is 0 Å². The molecule has 1 aliphatic carbocycles. The molecule has 5 rings (SSSR count). The quantitative estimate of drug-likeness (QED) is 0.669. The van der Waals surface area contributed by atoms with Gasteiger partial charge in [0.05, 0.1) is 18.2 Å². The number of fused-ring (bicyclic) bond motifs is 1. The number of benzene rings is 2. The Balaban J connectivity index is 1.37. The minimum Gasteiger partial charge on any atom is -0.299 e. The highest BCUT2D eigenvalue weighted by Gasteiger charge is 2.43. The van der Waals surface area contributed by atoms with Crippen LogP contribution in [0.5, 0.6) is 0 Å². The predicted molar refractivity (Wildman–Crippen MR) is 123 cm³/mol. The Morgan fingerprint density at radius 1 is 0.968 bits per heavy atom. The van der Waals surface area contributed by atoms with Gasteiger partial charge in [-0.25, -0.2) is 0 Å².